The van der Waals surface area contributed by atoms with Gasteiger partial charge >= 0.3 is 0 Å². The standard InChI is InChI=1S/C14H20ClN3O3/c1-18(10-5-17-6-10)7-9-3-11(15)14(12(4-9)20-2)21-8-13(16)19/h3-4,10,17H,5-8H2,1-2H3,(H2,16,19). The van der Waals surface area contributed by atoms with E-state index in [1.807, 2.05) is 12.1 Å². The van der Waals surface area contributed by atoms with Crippen LogP contribution in [-0.2, 0) is 11.3 Å². The molecule has 3 N–H and O–H groups in total. The van der Waals surface area contributed by atoms with E-state index in [-0.39, 0.29) is 6.61 Å². The van der Waals surface area contributed by atoms with Crippen LogP contribution in [0.5, 0.6) is 11.5 Å². The Morgan fingerprint density at radius 1 is 1.52 bits per heavy atom. The number of methoxy groups -OCH3 is 1. The number of hydrogen-bond donors (Lipinski definition) is 2. The number of likely N-dealkylation sites (N-methyl/N-ethyl adjacent to an activating group) is 1. The maximum Gasteiger partial charge on any atom is 0.255 e. The Hall–Kier alpha value is -1.50. The zero-order chi connectivity index (χ0) is 15.4. The summed E-state index contributed by atoms with van der Waals surface area (Å²) in [5, 5.41) is 3.65. The maximum absolute atomic E-state index is 10.8. The molecule has 0 unspecified atom stereocenters. The lowest BCUT2D eigenvalue weighted by atomic mass is 10.1. The van der Waals surface area contributed by atoms with E-state index in [4.69, 9.17) is 26.8 Å². The quantitative estimate of drug-likeness (QED) is 0.771. The van der Waals surface area contributed by atoms with Crippen molar-refractivity contribution in [3.63, 3.8) is 0 Å². The molecule has 116 valence electrons. The van der Waals surface area contributed by atoms with Gasteiger partial charge in [-0.1, -0.05) is 11.6 Å². The van der Waals surface area contributed by atoms with Crippen molar-refractivity contribution in [2.45, 2.75) is 12.6 Å². The SMILES string of the molecule is COc1cc(CN(C)C2CNC2)cc(Cl)c1OCC(N)=O. The summed E-state index contributed by atoms with van der Waals surface area (Å²) in [6, 6.07) is 4.23. The van der Waals surface area contributed by atoms with Gasteiger partial charge in [0.1, 0.15) is 0 Å². The van der Waals surface area contributed by atoms with E-state index in [2.05, 4.69) is 17.3 Å². The molecule has 0 aliphatic carbocycles. The molecule has 1 amide bonds. The molecule has 0 bridgehead atoms. The monoisotopic (exact) mass is 313 g/mol. The molecule has 0 spiro atoms. The van der Waals surface area contributed by atoms with Crippen LogP contribution in [0.15, 0.2) is 12.1 Å². The van der Waals surface area contributed by atoms with Crippen LogP contribution in [0, 0.1) is 0 Å². The third kappa shape index (κ3) is 4.00. The van der Waals surface area contributed by atoms with Crippen LogP contribution in [0.4, 0.5) is 0 Å². The van der Waals surface area contributed by atoms with Gasteiger partial charge in [-0.2, -0.15) is 0 Å². The minimum Gasteiger partial charge on any atom is -0.493 e. The molecule has 21 heavy (non-hydrogen) atoms. The molecule has 1 aromatic rings. The van der Waals surface area contributed by atoms with Gasteiger partial charge in [-0.15, -0.1) is 0 Å². The van der Waals surface area contributed by atoms with Crippen LogP contribution in [0.2, 0.25) is 5.02 Å². The first-order valence-corrected chi connectivity index (χ1v) is 7.07. The molecule has 1 fully saturated rings. The number of carbonyl (C=O) groups excluding carboxylic acids is 1. The van der Waals surface area contributed by atoms with Gasteiger partial charge in [-0.05, 0) is 24.7 Å². The molecule has 0 saturated carbocycles. The molecule has 0 atom stereocenters. The van der Waals surface area contributed by atoms with Gasteiger partial charge in [-0.25, -0.2) is 0 Å². The van der Waals surface area contributed by atoms with Gasteiger partial charge in [0, 0.05) is 25.7 Å². The normalized spacial score (nSPS) is 14.9. The van der Waals surface area contributed by atoms with Crippen molar-refractivity contribution in [1.82, 2.24) is 10.2 Å². The van der Waals surface area contributed by atoms with Gasteiger partial charge in [0.2, 0.25) is 0 Å². The molecule has 2 rings (SSSR count). The molecule has 0 radical (unpaired) electrons. The van der Waals surface area contributed by atoms with Crippen molar-refractivity contribution in [3.05, 3.63) is 22.7 Å². The number of nitrogens with two attached hydrogens (primary N) is 1. The smallest absolute Gasteiger partial charge is 0.255 e. The average molecular weight is 314 g/mol. The van der Waals surface area contributed by atoms with Gasteiger partial charge in [0.05, 0.1) is 12.1 Å². The van der Waals surface area contributed by atoms with Crippen LogP contribution in [-0.4, -0.2) is 50.7 Å². The van der Waals surface area contributed by atoms with Gasteiger partial charge in [0.25, 0.3) is 5.91 Å². The number of nitrogens with zero attached hydrogens (tertiary/aromatic N) is 1. The van der Waals surface area contributed by atoms with E-state index in [1.54, 1.807) is 0 Å². The molecule has 1 saturated heterocycles. The Morgan fingerprint density at radius 2 is 2.24 bits per heavy atom. The van der Waals surface area contributed by atoms with Crippen molar-refractivity contribution in [2.75, 3.05) is 33.9 Å². The number of nitrogens with one attached hydrogen (secondary N) is 1. The van der Waals surface area contributed by atoms with E-state index >= 15 is 0 Å². The Labute approximate surface area is 129 Å². The number of ether oxygens (including phenoxy) is 2. The number of benzene rings is 1. The predicted molar refractivity (Wildman–Crippen MR) is 80.8 cm³/mol. The zero-order valence-corrected chi connectivity index (χ0v) is 12.9. The molecule has 1 heterocycles. The summed E-state index contributed by atoms with van der Waals surface area (Å²) >= 11 is 6.22. The van der Waals surface area contributed by atoms with E-state index in [0.29, 0.717) is 22.6 Å². The van der Waals surface area contributed by atoms with Crippen LogP contribution < -0.4 is 20.5 Å². The predicted octanol–water partition coefficient (Wildman–Crippen LogP) is 0.616. The third-order valence-electron chi connectivity index (χ3n) is 3.46. The van der Waals surface area contributed by atoms with Crippen molar-refractivity contribution >= 4 is 17.5 Å². The number of amides is 1. The van der Waals surface area contributed by atoms with Crippen molar-refractivity contribution < 1.29 is 14.3 Å². The first-order valence-electron chi connectivity index (χ1n) is 6.69. The average Bonchev–Trinajstić information content (AvgIpc) is 2.34. The second-order valence-electron chi connectivity index (χ2n) is 5.09. The third-order valence-corrected chi connectivity index (χ3v) is 3.74. The zero-order valence-electron chi connectivity index (χ0n) is 12.2. The van der Waals surface area contributed by atoms with Gasteiger partial charge in [-0.3, -0.25) is 9.69 Å². The van der Waals surface area contributed by atoms with E-state index in [1.165, 1.54) is 7.11 Å². The Balaban J connectivity index is 2.12. The highest BCUT2D eigenvalue weighted by Crippen LogP contribution is 2.36. The summed E-state index contributed by atoms with van der Waals surface area (Å²) in [6.45, 7) is 2.53. The topological polar surface area (TPSA) is 76.8 Å². The summed E-state index contributed by atoms with van der Waals surface area (Å²) < 4.78 is 10.6. The summed E-state index contributed by atoms with van der Waals surface area (Å²) in [4.78, 5) is 13.1. The highest BCUT2D eigenvalue weighted by atomic mass is 35.5. The van der Waals surface area contributed by atoms with Crippen LogP contribution >= 0.6 is 11.6 Å². The van der Waals surface area contributed by atoms with E-state index in [0.717, 1.165) is 25.2 Å². The van der Waals surface area contributed by atoms with Crippen LogP contribution in [0.1, 0.15) is 5.56 Å². The summed E-state index contributed by atoms with van der Waals surface area (Å²) in [6.07, 6.45) is 0. The minimum absolute atomic E-state index is 0.233. The highest BCUT2D eigenvalue weighted by Gasteiger charge is 2.22. The Kier molecular flexibility index (Phi) is 5.27. The number of halogens is 1. The fourth-order valence-corrected chi connectivity index (χ4v) is 2.44. The lowest BCUT2D eigenvalue weighted by molar-refractivity contribution is -0.119. The van der Waals surface area contributed by atoms with E-state index < -0.39 is 5.91 Å². The lowest BCUT2D eigenvalue weighted by Gasteiger charge is -2.35. The minimum atomic E-state index is -0.561. The number of primary amides is 1. The molecule has 1 aromatic carbocycles. The van der Waals surface area contributed by atoms with Gasteiger partial charge < -0.3 is 20.5 Å². The fraction of sp³-hybridized carbons (Fsp3) is 0.500. The fourth-order valence-electron chi connectivity index (χ4n) is 2.15. The first-order chi connectivity index (χ1) is 10.0. The molecule has 0 aromatic heterocycles. The molecule has 1 aliphatic heterocycles. The maximum atomic E-state index is 10.8. The highest BCUT2D eigenvalue weighted by molar-refractivity contribution is 6.32. The van der Waals surface area contributed by atoms with Crippen molar-refractivity contribution in [1.29, 1.82) is 0 Å². The van der Waals surface area contributed by atoms with E-state index in [9.17, 15) is 4.79 Å². The van der Waals surface area contributed by atoms with Crippen molar-refractivity contribution in [3.8, 4) is 11.5 Å². The second kappa shape index (κ2) is 6.98. The number of hydrogen-bond acceptors (Lipinski definition) is 5. The molecule has 6 nitrogen and oxygen atoms in total. The number of rotatable bonds is 7. The first kappa shape index (κ1) is 15.9. The largest absolute Gasteiger partial charge is 0.493 e. The Morgan fingerprint density at radius 3 is 2.76 bits per heavy atom. The van der Waals surface area contributed by atoms with Crippen LogP contribution in [0.3, 0.4) is 0 Å². The summed E-state index contributed by atoms with van der Waals surface area (Å²) in [5.74, 6) is 0.281. The van der Waals surface area contributed by atoms with Gasteiger partial charge in [0.15, 0.2) is 18.1 Å². The molecule has 7 heteroatoms. The molecular weight excluding hydrogens is 294 g/mol. The lowest BCUT2D eigenvalue weighted by Crippen LogP contribution is -2.55. The second-order valence-corrected chi connectivity index (χ2v) is 5.50. The van der Waals surface area contributed by atoms with Crippen LogP contribution in [0.25, 0.3) is 0 Å². The number of carbonyl (C=O) groups is 1. The van der Waals surface area contributed by atoms with Crippen molar-refractivity contribution in [2.24, 2.45) is 5.73 Å². The molecular formula is C14H20ClN3O3. The summed E-state index contributed by atoms with van der Waals surface area (Å²) in [5.41, 5.74) is 6.10. The molecule has 1 aliphatic rings. The summed E-state index contributed by atoms with van der Waals surface area (Å²) in [7, 11) is 3.61. The Bertz CT molecular complexity index is 520.